The molecule has 1 heterocycles. The molecule has 0 aliphatic rings. The van der Waals surface area contributed by atoms with Gasteiger partial charge in [0.05, 0.1) is 17.9 Å². The molecule has 0 saturated heterocycles. The van der Waals surface area contributed by atoms with Crippen LogP contribution in [0.1, 0.15) is 34.2 Å². The monoisotopic (exact) mass is 349 g/mol. The number of alkyl halides is 3. The minimum absolute atomic E-state index is 0.0609. The van der Waals surface area contributed by atoms with Gasteiger partial charge in [0.1, 0.15) is 5.69 Å². The number of hydrogen-bond donors (Lipinski definition) is 0. The molecule has 0 aliphatic heterocycles. The van der Waals surface area contributed by atoms with E-state index >= 15 is 0 Å². The lowest BCUT2D eigenvalue weighted by atomic mass is 10.1. The molecule has 7 heteroatoms. The Balaban J connectivity index is 2.20. The summed E-state index contributed by atoms with van der Waals surface area (Å²) in [4.78, 5) is 27.7. The van der Waals surface area contributed by atoms with Gasteiger partial charge in [-0.05, 0) is 37.3 Å². The molecule has 0 saturated carbocycles. The van der Waals surface area contributed by atoms with Crippen molar-refractivity contribution in [3.05, 3.63) is 71.1 Å². The van der Waals surface area contributed by atoms with Crippen molar-refractivity contribution in [3.63, 3.8) is 0 Å². The quantitative estimate of drug-likeness (QED) is 0.467. The third-order valence-corrected chi connectivity index (χ3v) is 3.15. The molecule has 25 heavy (non-hydrogen) atoms. The maximum Gasteiger partial charge on any atom is 0.416 e. The molecular weight excluding hydrogens is 335 g/mol. The van der Waals surface area contributed by atoms with Crippen LogP contribution in [0, 0.1) is 0 Å². The van der Waals surface area contributed by atoms with Gasteiger partial charge >= 0.3 is 12.1 Å². The van der Waals surface area contributed by atoms with Gasteiger partial charge in [-0.2, -0.15) is 13.2 Å². The Morgan fingerprint density at radius 2 is 1.80 bits per heavy atom. The van der Waals surface area contributed by atoms with E-state index in [9.17, 15) is 22.8 Å². The molecule has 1 aromatic carbocycles. The largest absolute Gasteiger partial charge is 0.463 e. The first-order valence-corrected chi connectivity index (χ1v) is 7.35. The van der Waals surface area contributed by atoms with Gasteiger partial charge in [-0.3, -0.25) is 4.79 Å². The van der Waals surface area contributed by atoms with Crippen LogP contribution in [0.5, 0.6) is 0 Å². The fourth-order valence-corrected chi connectivity index (χ4v) is 1.97. The molecule has 0 amide bonds. The predicted octanol–water partition coefficient (Wildman–Crippen LogP) is 3.91. The zero-order valence-corrected chi connectivity index (χ0v) is 13.2. The van der Waals surface area contributed by atoms with E-state index in [1.165, 1.54) is 18.2 Å². The Labute approximate surface area is 142 Å². The number of pyridine rings is 1. The molecular formula is C18H14F3NO3. The Morgan fingerprint density at radius 3 is 2.40 bits per heavy atom. The summed E-state index contributed by atoms with van der Waals surface area (Å²) in [7, 11) is 0. The van der Waals surface area contributed by atoms with E-state index in [1.807, 2.05) is 0 Å². The zero-order valence-electron chi connectivity index (χ0n) is 13.2. The smallest absolute Gasteiger partial charge is 0.416 e. The number of hydrogen-bond acceptors (Lipinski definition) is 4. The van der Waals surface area contributed by atoms with Gasteiger partial charge in [-0.25, -0.2) is 9.78 Å². The van der Waals surface area contributed by atoms with E-state index in [0.717, 1.165) is 24.3 Å². The second kappa shape index (κ2) is 7.74. The first-order chi connectivity index (χ1) is 11.8. The number of rotatable bonds is 5. The SMILES string of the molecule is CCOC(=O)C=Cc1cccc(C(=O)c2ccc(C(F)(F)F)cc2)n1. The number of ether oxygens (including phenoxy) is 1. The minimum Gasteiger partial charge on any atom is -0.463 e. The lowest BCUT2D eigenvalue weighted by Crippen LogP contribution is -2.08. The third-order valence-electron chi connectivity index (χ3n) is 3.15. The van der Waals surface area contributed by atoms with E-state index in [0.29, 0.717) is 5.69 Å². The van der Waals surface area contributed by atoms with Crippen molar-refractivity contribution in [1.82, 2.24) is 4.98 Å². The number of halogens is 3. The van der Waals surface area contributed by atoms with Crippen molar-refractivity contribution >= 4 is 17.8 Å². The predicted molar refractivity (Wildman–Crippen MR) is 84.8 cm³/mol. The fraction of sp³-hybridized carbons (Fsp3) is 0.167. The highest BCUT2D eigenvalue weighted by Crippen LogP contribution is 2.29. The van der Waals surface area contributed by atoms with E-state index in [-0.39, 0.29) is 17.9 Å². The van der Waals surface area contributed by atoms with Gasteiger partial charge in [-0.1, -0.05) is 18.2 Å². The summed E-state index contributed by atoms with van der Waals surface area (Å²) < 4.78 is 42.4. The third kappa shape index (κ3) is 5.00. The van der Waals surface area contributed by atoms with Crippen molar-refractivity contribution in [1.29, 1.82) is 0 Å². The van der Waals surface area contributed by atoms with Crippen LogP contribution in [-0.2, 0) is 15.7 Å². The Bertz CT molecular complexity index is 796. The number of nitrogens with zero attached hydrogens (tertiary/aromatic N) is 1. The highest BCUT2D eigenvalue weighted by atomic mass is 19.4. The molecule has 4 nitrogen and oxygen atoms in total. The van der Waals surface area contributed by atoms with Crippen molar-refractivity contribution < 1.29 is 27.5 Å². The van der Waals surface area contributed by atoms with E-state index < -0.39 is 23.5 Å². The van der Waals surface area contributed by atoms with Crippen LogP contribution in [0.4, 0.5) is 13.2 Å². The molecule has 0 aliphatic carbocycles. The van der Waals surface area contributed by atoms with Crippen molar-refractivity contribution in [2.75, 3.05) is 6.61 Å². The lowest BCUT2D eigenvalue weighted by Gasteiger charge is -2.07. The number of benzene rings is 1. The molecule has 0 bridgehead atoms. The molecule has 0 fully saturated rings. The van der Waals surface area contributed by atoms with E-state index in [2.05, 4.69) is 4.98 Å². The molecule has 0 spiro atoms. The summed E-state index contributed by atoms with van der Waals surface area (Å²) in [6.45, 7) is 1.91. The number of aromatic nitrogens is 1. The highest BCUT2D eigenvalue weighted by Gasteiger charge is 2.30. The van der Waals surface area contributed by atoms with Gasteiger partial charge in [0.25, 0.3) is 0 Å². The molecule has 2 aromatic rings. The maximum atomic E-state index is 12.6. The number of ketones is 1. The van der Waals surface area contributed by atoms with Gasteiger partial charge < -0.3 is 4.74 Å². The van der Waals surface area contributed by atoms with Crippen LogP contribution in [-0.4, -0.2) is 23.3 Å². The first kappa shape index (κ1) is 18.4. The number of esters is 1. The molecule has 130 valence electrons. The standard InChI is InChI=1S/C18H14F3NO3/c1-2-25-16(23)11-10-14-4-3-5-15(22-14)17(24)12-6-8-13(9-7-12)18(19,20)21/h3-11H,2H2,1H3. The minimum atomic E-state index is -4.46. The summed E-state index contributed by atoms with van der Waals surface area (Å²) in [6.07, 6.45) is -1.89. The van der Waals surface area contributed by atoms with Crippen molar-refractivity contribution in [3.8, 4) is 0 Å². The molecule has 1 aromatic heterocycles. The summed E-state index contributed by atoms with van der Waals surface area (Å²) in [6, 6.07) is 8.49. The normalized spacial score (nSPS) is 11.5. The number of carbonyl (C=O) groups excluding carboxylic acids is 2. The van der Waals surface area contributed by atoms with Crippen LogP contribution < -0.4 is 0 Å². The number of carbonyl (C=O) groups is 2. The highest BCUT2D eigenvalue weighted by molar-refractivity contribution is 6.07. The molecule has 0 unspecified atom stereocenters. The Kier molecular flexibility index (Phi) is 5.69. The molecule has 0 N–H and O–H groups in total. The summed E-state index contributed by atoms with van der Waals surface area (Å²) in [5.41, 5.74) is -0.327. The van der Waals surface area contributed by atoms with E-state index in [1.54, 1.807) is 19.1 Å². The van der Waals surface area contributed by atoms with Crippen molar-refractivity contribution in [2.24, 2.45) is 0 Å². The van der Waals surface area contributed by atoms with Crippen LogP contribution in [0.25, 0.3) is 6.08 Å². The molecule has 0 atom stereocenters. The topological polar surface area (TPSA) is 56.3 Å². The zero-order chi connectivity index (χ0) is 18.4. The van der Waals surface area contributed by atoms with Gasteiger partial charge in [-0.15, -0.1) is 0 Å². The lowest BCUT2D eigenvalue weighted by molar-refractivity contribution is -0.138. The summed E-state index contributed by atoms with van der Waals surface area (Å²) in [5.74, 6) is -1.05. The molecule has 2 rings (SSSR count). The second-order valence-electron chi connectivity index (χ2n) is 4.94. The fourth-order valence-electron chi connectivity index (χ4n) is 1.97. The van der Waals surface area contributed by atoms with Crippen LogP contribution in [0.15, 0.2) is 48.5 Å². The van der Waals surface area contributed by atoms with Crippen LogP contribution >= 0.6 is 0 Å². The first-order valence-electron chi connectivity index (χ1n) is 7.35. The van der Waals surface area contributed by atoms with Gasteiger partial charge in [0, 0.05) is 11.6 Å². The van der Waals surface area contributed by atoms with Crippen LogP contribution in [0.2, 0.25) is 0 Å². The average Bonchev–Trinajstić information content (AvgIpc) is 2.59. The summed E-state index contributed by atoms with van der Waals surface area (Å²) in [5, 5.41) is 0. The van der Waals surface area contributed by atoms with E-state index in [4.69, 9.17) is 4.74 Å². The summed E-state index contributed by atoms with van der Waals surface area (Å²) >= 11 is 0. The van der Waals surface area contributed by atoms with Crippen LogP contribution in [0.3, 0.4) is 0 Å². The Morgan fingerprint density at radius 1 is 1.12 bits per heavy atom. The Hall–Kier alpha value is -2.96. The van der Waals surface area contributed by atoms with Crippen molar-refractivity contribution in [2.45, 2.75) is 13.1 Å². The molecule has 0 radical (unpaired) electrons. The second-order valence-corrected chi connectivity index (χ2v) is 4.94. The average molecular weight is 349 g/mol. The van der Waals surface area contributed by atoms with Gasteiger partial charge in [0.2, 0.25) is 5.78 Å². The maximum absolute atomic E-state index is 12.6. The van der Waals surface area contributed by atoms with Gasteiger partial charge in [0.15, 0.2) is 0 Å².